The minimum Gasteiger partial charge on any atom is -0.480 e. The SMILES string of the molecule is CCCCC(N)C(=O)O.F. The molecule has 0 saturated heterocycles. The quantitative estimate of drug-likeness (QED) is 0.623. The lowest BCUT2D eigenvalue weighted by Gasteiger charge is -2.02. The van der Waals surface area contributed by atoms with Crippen molar-refractivity contribution < 1.29 is 14.6 Å². The number of aliphatic carboxylic acids is 1. The zero-order valence-corrected chi connectivity index (χ0v) is 6.04. The van der Waals surface area contributed by atoms with Crippen LogP contribution in [-0.2, 0) is 4.79 Å². The first-order chi connectivity index (χ1) is 4.18. The van der Waals surface area contributed by atoms with Crippen molar-refractivity contribution in [3.05, 3.63) is 0 Å². The Hall–Kier alpha value is -0.640. The number of hydrogen-bond acceptors (Lipinski definition) is 2. The number of carboxylic acid groups (broad SMARTS) is 1. The molecule has 0 heterocycles. The molecular formula is C6H14FNO2. The van der Waals surface area contributed by atoms with Gasteiger partial charge < -0.3 is 10.8 Å². The number of unbranched alkanes of at least 4 members (excludes halogenated alkanes) is 1. The molecule has 62 valence electrons. The van der Waals surface area contributed by atoms with E-state index in [-0.39, 0.29) is 4.70 Å². The fraction of sp³-hybridized carbons (Fsp3) is 0.833. The summed E-state index contributed by atoms with van der Waals surface area (Å²) < 4.78 is 0. The first-order valence-electron chi connectivity index (χ1n) is 3.17. The van der Waals surface area contributed by atoms with Gasteiger partial charge in [-0.15, -0.1) is 0 Å². The van der Waals surface area contributed by atoms with Gasteiger partial charge in [0.1, 0.15) is 6.04 Å². The fourth-order valence-corrected chi connectivity index (χ4v) is 0.548. The van der Waals surface area contributed by atoms with Crippen LogP contribution in [-0.4, -0.2) is 17.1 Å². The van der Waals surface area contributed by atoms with Crippen LogP contribution in [0.15, 0.2) is 0 Å². The second kappa shape index (κ2) is 6.48. The Labute approximate surface area is 59.6 Å². The Kier molecular flexibility index (Phi) is 7.82. The predicted molar refractivity (Wildman–Crippen MR) is 37.6 cm³/mol. The molecule has 10 heavy (non-hydrogen) atoms. The van der Waals surface area contributed by atoms with Crippen LogP contribution in [0, 0.1) is 0 Å². The number of nitrogens with two attached hydrogens (primary N) is 1. The molecule has 0 rings (SSSR count). The summed E-state index contributed by atoms with van der Waals surface area (Å²) in [7, 11) is 0. The zero-order chi connectivity index (χ0) is 7.28. The van der Waals surface area contributed by atoms with Gasteiger partial charge >= 0.3 is 5.97 Å². The molecule has 0 aromatic carbocycles. The van der Waals surface area contributed by atoms with E-state index >= 15 is 0 Å². The Bertz CT molecular complexity index is 97.7. The van der Waals surface area contributed by atoms with E-state index in [2.05, 4.69) is 0 Å². The van der Waals surface area contributed by atoms with Crippen molar-refractivity contribution in [2.24, 2.45) is 5.73 Å². The van der Waals surface area contributed by atoms with E-state index < -0.39 is 12.0 Å². The van der Waals surface area contributed by atoms with Crippen LogP contribution < -0.4 is 5.73 Å². The van der Waals surface area contributed by atoms with Crippen LogP contribution >= 0.6 is 0 Å². The molecule has 3 nitrogen and oxygen atoms in total. The maximum absolute atomic E-state index is 10.1. The molecule has 0 aliphatic carbocycles. The molecule has 1 atom stereocenters. The summed E-state index contributed by atoms with van der Waals surface area (Å²) in [6.07, 6.45) is 2.49. The van der Waals surface area contributed by atoms with Crippen molar-refractivity contribution in [3.63, 3.8) is 0 Å². The van der Waals surface area contributed by atoms with E-state index in [0.29, 0.717) is 6.42 Å². The number of halogens is 1. The summed E-state index contributed by atoms with van der Waals surface area (Å²) in [6, 6.07) is -0.662. The van der Waals surface area contributed by atoms with Crippen molar-refractivity contribution in [2.45, 2.75) is 32.2 Å². The topological polar surface area (TPSA) is 63.3 Å². The predicted octanol–water partition coefficient (Wildman–Crippen LogP) is 0.741. The molecule has 1 unspecified atom stereocenters. The summed E-state index contributed by atoms with van der Waals surface area (Å²) in [5.41, 5.74) is 5.20. The first-order valence-corrected chi connectivity index (χ1v) is 3.17. The average Bonchev–Trinajstić information content (AvgIpc) is 1.82. The minimum absolute atomic E-state index is 0. The first kappa shape index (κ1) is 12.1. The number of carbonyl (C=O) groups is 1. The molecule has 0 saturated carbocycles. The third-order valence-electron chi connectivity index (χ3n) is 1.19. The lowest BCUT2D eigenvalue weighted by Crippen LogP contribution is -2.29. The molecule has 0 amide bonds. The van der Waals surface area contributed by atoms with Crippen molar-refractivity contribution in [1.29, 1.82) is 0 Å². The molecule has 3 N–H and O–H groups in total. The van der Waals surface area contributed by atoms with Crippen LogP contribution in [0.3, 0.4) is 0 Å². The lowest BCUT2D eigenvalue weighted by molar-refractivity contribution is -0.138. The fourth-order valence-electron chi connectivity index (χ4n) is 0.548. The average molecular weight is 151 g/mol. The van der Waals surface area contributed by atoms with Crippen LogP contribution in [0.1, 0.15) is 26.2 Å². The minimum atomic E-state index is -0.900. The molecule has 0 radical (unpaired) electrons. The second-order valence-electron chi connectivity index (χ2n) is 2.09. The number of hydrogen-bond donors (Lipinski definition) is 2. The summed E-state index contributed by atoms with van der Waals surface area (Å²) in [5.74, 6) is -0.900. The molecule has 0 spiro atoms. The van der Waals surface area contributed by atoms with Gasteiger partial charge in [0.2, 0.25) is 0 Å². The second-order valence-corrected chi connectivity index (χ2v) is 2.09. The van der Waals surface area contributed by atoms with E-state index in [4.69, 9.17) is 10.8 Å². The Morgan fingerprint density at radius 3 is 2.50 bits per heavy atom. The van der Waals surface area contributed by atoms with Gasteiger partial charge in [0.05, 0.1) is 0 Å². The van der Waals surface area contributed by atoms with Gasteiger partial charge in [0, 0.05) is 0 Å². The molecule has 0 aliphatic heterocycles. The van der Waals surface area contributed by atoms with E-state index in [1.807, 2.05) is 6.92 Å². The van der Waals surface area contributed by atoms with Gasteiger partial charge in [-0.25, -0.2) is 0 Å². The highest BCUT2D eigenvalue weighted by molar-refractivity contribution is 5.72. The Morgan fingerprint density at radius 2 is 2.20 bits per heavy atom. The van der Waals surface area contributed by atoms with E-state index in [1.54, 1.807) is 0 Å². The molecule has 0 fully saturated rings. The normalized spacial score (nSPS) is 11.8. The van der Waals surface area contributed by atoms with Crippen LogP contribution in [0.4, 0.5) is 4.70 Å². The standard InChI is InChI=1S/C6H13NO2.FH/c1-2-3-4-5(7)6(8)9;/h5H,2-4,7H2,1H3,(H,8,9);1H. The molecule has 4 heteroatoms. The van der Waals surface area contributed by atoms with E-state index in [1.165, 1.54) is 0 Å². The van der Waals surface area contributed by atoms with Crippen LogP contribution in [0.25, 0.3) is 0 Å². The van der Waals surface area contributed by atoms with Gasteiger partial charge in [-0.05, 0) is 6.42 Å². The van der Waals surface area contributed by atoms with Crippen molar-refractivity contribution in [3.8, 4) is 0 Å². The van der Waals surface area contributed by atoms with Crippen molar-refractivity contribution >= 4 is 5.97 Å². The third-order valence-corrected chi connectivity index (χ3v) is 1.19. The molecule has 0 aromatic heterocycles. The summed E-state index contributed by atoms with van der Waals surface area (Å²) in [6.45, 7) is 2.01. The maximum atomic E-state index is 10.1. The summed E-state index contributed by atoms with van der Waals surface area (Å²) in [5, 5.41) is 8.28. The number of rotatable bonds is 4. The monoisotopic (exact) mass is 151 g/mol. The Morgan fingerprint density at radius 1 is 1.70 bits per heavy atom. The largest absolute Gasteiger partial charge is 0.480 e. The summed E-state index contributed by atoms with van der Waals surface area (Å²) >= 11 is 0. The third kappa shape index (κ3) is 5.50. The van der Waals surface area contributed by atoms with E-state index in [9.17, 15) is 4.79 Å². The molecule has 0 bridgehead atoms. The van der Waals surface area contributed by atoms with E-state index in [0.717, 1.165) is 12.8 Å². The molecule has 0 aromatic rings. The highest BCUT2D eigenvalue weighted by atomic mass is 19.0. The maximum Gasteiger partial charge on any atom is 0.320 e. The van der Waals surface area contributed by atoms with Crippen LogP contribution in [0.5, 0.6) is 0 Å². The number of carboxylic acids is 1. The lowest BCUT2D eigenvalue weighted by atomic mass is 10.1. The van der Waals surface area contributed by atoms with Gasteiger partial charge in [0.15, 0.2) is 0 Å². The van der Waals surface area contributed by atoms with Crippen molar-refractivity contribution in [2.75, 3.05) is 0 Å². The molecular weight excluding hydrogens is 137 g/mol. The van der Waals surface area contributed by atoms with Gasteiger partial charge in [0.25, 0.3) is 0 Å². The van der Waals surface area contributed by atoms with Gasteiger partial charge in [-0.2, -0.15) is 0 Å². The van der Waals surface area contributed by atoms with Crippen molar-refractivity contribution in [1.82, 2.24) is 0 Å². The van der Waals surface area contributed by atoms with Gasteiger partial charge in [-0.3, -0.25) is 9.50 Å². The zero-order valence-electron chi connectivity index (χ0n) is 6.04. The summed E-state index contributed by atoms with van der Waals surface area (Å²) in [4.78, 5) is 10.1. The highest BCUT2D eigenvalue weighted by Crippen LogP contribution is 1.96. The van der Waals surface area contributed by atoms with Crippen LogP contribution in [0.2, 0.25) is 0 Å². The van der Waals surface area contributed by atoms with Gasteiger partial charge in [-0.1, -0.05) is 19.8 Å². The molecule has 0 aliphatic rings. The highest BCUT2D eigenvalue weighted by Gasteiger charge is 2.08. The Balaban J connectivity index is 0. The smallest absolute Gasteiger partial charge is 0.320 e.